The molecular weight excluding hydrogens is 260 g/mol. The quantitative estimate of drug-likeness (QED) is 0.865. The van der Waals surface area contributed by atoms with Gasteiger partial charge in [-0.05, 0) is 23.0 Å². The number of nitrogens with zero attached hydrogens (tertiary/aromatic N) is 3. The van der Waals surface area contributed by atoms with E-state index in [9.17, 15) is 0 Å². The van der Waals surface area contributed by atoms with Crippen LogP contribution in [-0.4, -0.2) is 44.3 Å². The molecule has 1 N–H and O–H groups in total. The van der Waals surface area contributed by atoms with Gasteiger partial charge in [0.15, 0.2) is 0 Å². The van der Waals surface area contributed by atoms with Crippen LogP contribution in [0.15, 0.2) is 10.7 Å². The van der Waals surface area contributed by atoms with Crippen molar-refractivity contribution in [3.05, 3.63) is 10.7 Å². The Morgan fingerprint density at radius 1 is 1.60 bits per heavy atom. The van der Waals surface area contributed by atoms with E-state index in [0.717, 1.165) is 17.6 Å². The van der Waals surface area contributed by atoms with E-state index in [4.69, 9.17) is 4.74 Å². The molecule has 0 radical (unpaired) electrons. The minimum atomic E-state index is 0.552. The Bertz CT molecular complexity index is 321. The zero-order valence-electron chi connectivity index (χ0n) is 9.12. The van der Waals surface area contributed by atoms with Crippen molar-refractivity contribution >= 4 is 21.9 Å². The zero-order chi connectivity index (χ0) is 11.3. The first-order valence-electron chi connectivity index (χ1n) is 4.61. The normalized spacial score (nSPS) is 10.1. The first kappa shape index (κ1) is 12.2. The average Bonchev–Trinajstić information content (AvgIpc) is 2.26. The molecule has 15 heavy (non-hydrogen) atoms. The highest BCUT2D eigenvalue weighted by Crippen LogP contribution is 2.22. The lowest BCUT2D eigenvalue weighted by Crippen LogP contribution is -2.28. The number of likely N-dealkylation sites (N-methyl/N-ethyl adjacent to an activating group) is 2. The van der Waals surface area contributed by atoms with Gasteiger partial charge in [-0.15, -0.1) is 0 Å². The van der Waals surface area contributed by atoms with Crippen molar-refractivity contribution < 1.29 is 4.74 Å². The molecular formula is C9H15BrN4O. The minimum absolute atomic E-state index is 0.552. The molecule has 0 fully saturated rings. The van der Waals surface area contributed by atoms with E-state index < -0.39 is 0 Å². The highest BCUT2D eigenvalue weighted by Gasteiger charge is 2.08. The van der Waals surface area contributed by atoms with Crippen molar-refractivity contribution in [3.8, 4) is 5.88 Å². The van der Waals surface area contributed by atoms with Gasteiger partial charge in [-0.3, -0.25) is 0 Å². The highest BCUT2D eigenvalue weighted by atomic mass is 79.9. The summed E-state index contributed by atoms with van der Waals surface area (Å²) in [7, 11) is 5.45. The predicted octanol–water partition coefficient (Wildman–Crippen LogP) is 0.903. The molecule has 1 heterocycles. The van der Waals surface area contributed by atoms with Crippen molar-refractivity contribution in [3.63, 3.8) is 0 Å². The monoisotopic (exact) mass is 274 g/mol. The second-order valence-electron chi connectivity index (χ2n) is 3.05. The van der Waals surface area contributed by atoms with Crippen molar-refractivity contribution in [2.24, 2.45) is 0 Å². The van der Waals surface area contributed by atoms with Crippen LogP contribution in [0.4, 0.5) is 5.95 Å². The predicted molar refractivity (Wildman–Crippen MR) is 63.5 cm³/mol. The van der Waals surface area contributed by atoms with Gasteiger partial charge < -0.3 is 15.0 Å². The van der Waals surface area contributed by atoms with Crippen LogP contribution in [-0.2, 0) is 0 Å². The number of ether oxygens (including phenoxy) is 1. The maximum absolute atomic E-state index is 5.10. The molecule has 0 saturated carbocycles. The molecule has 5 nitrogen and oxygen atoms in total. The van der Waals surface area contributed by atoms with Crippen LogP contribution in [0.3, 0.4) is 0 Å². The zero-order valence-corrected chi connectivity index (χ0v) is 10.7. The summed E-state index contributed by atoms with van der Waals surface area (Å²) >= 11 is 3.31. The Kier molecular flexibility index (Phi) is 4.77. The van der Waals surface area contributed by atoms with Gasteiger partial charge in [-0.1, -0.05) is 0 Å². The van der Waals surface area contributed by atoms with Crippen LogP contribution in [0.25, 0.3) is 0 Å². The van der Waals surface area contributed by atoms with Crippen LogP contribution in [0.2, 0.25) is 0 Å². The number of hydrogen-bond acceptors (Lipinski definition) is 5. The summed E-state index contributed by atoms with van der Waals surface area (Å²) in [5, 5.41) is 3.07. The summed E-state index contributed by atoms with van der Waals surface area (Å²) in [6.07, 6.45) is 1.69. The summed E-state index contributed by atoms with van der Waals surface area (Å²) in [5.74, 6) is 1.21. The molecule has 0 aliphatic heterocycles. The molecule has 0 atom stereocenters. The SMILES string of the molecule is CNCCN(C)c1ncc(Br)c(OC)n1. The lowest BCUT2D eigenvalue weighted by Gasteiger charge is -2.17. The second-order valence-corrected chi connectivity index (χ2v) is 3.91. The largest absolute Gasteiger partial charge is 0.480 e. The summed E-state index contributed by atoms with van der Waals surface area (Å²) in [4.78, 5) is 10.4. The lowest BCUT2D eigenvalue weighted by molar-refractivity contribution is 0.394. The molecule has 0 saturated heterocycles. The van der Waals surface area contributed by atoms with E-state index in [1.807, 2.05) is 19.0 Å². The second kappa shape index (κ2) is 5.87. The third-order valence-corrected chi connectivity index (χ3v) is 2.48. The Morgan fingerprint density at radius 2 is 2.33 bits per heavy atom. The number of anilines is 1. The first-order valence-corrected chi connectivity index (χ1v) is 5.40. The van der Waals surface area contributed by atoms with E-state index in [1.54, 1.807) is 13.3 Å². The van der Waals surface area contributed by atoms with Crippen molar-refractivity contribution in [1.29, 1.82) is 0 Å². The van der Waals surface area contributed by atoms with Crippen LogP contribution < -0.4 is 15.0 Å². The van der Waals surface area contributed by atoms with E-state index in [2.05, 4.69) is 31.2 Å². The molecule has 0 aliphatic rings. The molecule has 0 spiro atoms. The highest BCUT2D eigenvalue weighted by molar-refractivity contribution is 9.10. The summed E-state index contributed by atoms with van der Waals surface area (Å²) < 4.78 is 5.86. The van der Waals surface area contributed by atoms with Gasteiger partial charge in [0, 0.05) is 20.1 Å². The van der Waals surface area contributed by atoms with Crippen LogP contribution in [0, 0.1) is 0 Å². The van der Waals surface area contributed by atoms with Gasteiger partial charge in [-0.2, -0.15) is 4.98 Å². The van der Waals surface area contributed by atoms with E-state index >= 15 is 0 Å². The lowest BCUT2D eigenvalue weighted by atomic mass is 10.5. The number of halogens is 1. The Hall–Kier alpha value is -0.880. The first-order chi connectivity index (χ1) is 7.19. The topological polar surface area (TPSA) is 50.3 Å². The fourth-order valence-corrected chi connectivity index (χ4v) is 1.40. The number of methoxy groups -OCH3 is 1. The standard InChI is InChI=1S/C9H15BrN4O/c1-11-4-5-14(2)9-12-6-7(10)8(13-9)15-3/h6,11H,4-5H2,1-3H3. The molecule has 0 aliphatic carbocycles. The molecule has 1 aromatic heterocycles. The Labute approximate surface area is 98.0 Å². The van der Waals surface area contributed by atoms with E-state index in [1.165, 1.54) is 0 Å². The third-order valence-electron chi connectivity index (χ3n) is 1.93. The summed E-state index contributed by atoms with van der Waals surface area (Å²) in [6.45, 7) is 1.74. The van der Waals surface area contributed by atoms with Gasteiger partial charge in [0.05, 0.1) is 17.8 Å². The molecule has 84 valence electrons. The van der Waals surface area contributed by atoms with Gasteiger partial charge >= 0.3 is 0 Å². The molecule has 0 bridgehead atoms. The molecule has 1 aromatic rings. The van der Waals surface area contributed by atoms with Crippen LogP contribution >= 0.6 is 15.9 Å². The molecule has 0 unspecified atom stereocenters. The molecule has 0 amide bonds. The van der Waals surface area contributed by atoms with Gasteiger partial charge in [-0.25, -0.2) is 4.98 Å². The van der Waals surface area contributed by atoms with Gasteiger partial charge in [0.2, 0.25) is 11.8 Å². The number of hydrogen-bond donors (Lipinski definition) is 1. The number of rotatable bonds is 5. The molecule has 6 heteroatoms. The Balaban J connectivity index is 2.76. The number of nitrogens with one attached hydrogen (secondary N) is 1. The van der Waals surface area contributed by atoms with Crippen molar-refractivity contribution in [2.45, 2.75) is 0 Å². The van der Waals surface area contributed by atoms with Gasteiger partial charge in [0.25, 0.3) is 0 Å². The minimum Gasteiger partial charge on any atom is -0.480 e. The third kappa shape index (κ3) is 3.32. The maximum Gasteiger partial charge on any atom is 0.232 e. The van der Waals surface area contributed by atoms with Crippen LogP contribution in [0.1, 0.15) is 0 Å². The summed E-state index contributed by atoms with van der Waals surface area (Å²) in [6, 6.07) is 0. The fourth-order valence-electron chi connectivity index (χ4n) is 1.05. The fraction of sp³-hybridized carbons (Fsp3) is 0.556. The maximum atomic E-state index is 5.10. The van der Waals surface area contributed by atoms with Crippen molar-refractivity contribution in [2.75, 3.05) is 39.2 Å². The van der Waals surface area contributed by atoms with Crippen molar-refractivity contribution in [1.82, 2.24) is 15.3 Å². The van der Waals surface area contributed by atoms with E-state index in [-0.39, 0.29) is 0 Å². The molecule has 0 aromatic carbocycles. The summed E-state index contributed by atoms with van der Waals surface area (Å²) in [5.41, 5.74) is 0. The number of aromatic nitrogens is 2. The Morgan fingerprint density at radius 3 is 2.93 bits per heavy atom. The van der Waals surface area contributed by atoms with E-state index in [0.29, 0.717) is 11.8 Å². The molecule has 1 rings (SSSR count). The average molecular weight is 275 g/mol. The van der Waals surface area contributed by atoms with Crippen LogP contribution in [0.5, 0.6) is 5.88 Å². The van der Waals surface area contributed by atoms with Gasteiger partial charge in [0.1, 0.15) is 0 Å². The smallest absolute Gasteiger partial charge is 0.232 e.